The minimum absolute atomic E-state index is 1.05. The van der Waals surface area contributed by atoms with Gasteiger partial charge in [0.25, 0.3) is 0 Å². The number of rotatable bonds is 3. The summed E-state index contributed by atoms with van der Waals surface area (Å²) >= 11 is 0. The molecule has 0 atom stereocenters. The predicted molar refractivity (Wildman–Crippen MR) is 52.6 cm³/mol. The monoisotopic (exact) mass is 150 g/mol. The highest BCUT2D eigenvalue weighted by Crippen LogP contribution is 2.08. The Hall–Kier alpha value is -0.780. The van der Waals surface area contributed by atoms with Crippen LogP contribution in [0.5, 0.6) is 0 Å². The van der Waals surface area contributed by atoms with Gasteiger partial charge in [-0.05, 0) is 34.1 Å². The maximum Gasteiger partial charge on any atom is -0.0163 e. The first kappa shape index (κ1) is 10.2. The fourth-order valence-electron chi connectivity index (χ4n) is 0.770. The van der Waals surface area contributed by atoms with Crippen LogP contribution in [-0.2, 0) is 0 Å². The van der Waals surface area contributed by atoms with Gasteiger partial charge >= 0.3 is 0 Å². The summed E-state index contributed by atoms with van der Waals surface area (Å²) in [5.74, 6) is 0. The van der Waals surface area contributed by atoms with Gasteiger partial charge in [0.15, 0.2) is 0 Å². The molecule has 0 radical (unpaired) electrons. The Labute approximate surface area is 70.3 Å². The minimum atomic E-state index is 1.05. The van der Waals surface area contributed by atoms with Gasteiger partial charge in [-0.25, -0.2) is 0 Å². The van der Waals surface area contributed by atoms with Crippen molar-refractivity contribution in [3.05, 3.63) is 35.5 Å². The fraction of sp³-hybridized carbons (Fsp3) is 0.455. The van der Waals surface area contributed by atoms with Gasteiger partial charge in [-0.1, -0.05) is 35.5 Å². The first-order valence-corrected chi connectivity index (χ1v) is 4.13. The summed E-state index contributed by atoms with van der Waals surface area (Å²) in [5, 5.41) is 0. The molecule has 0 aromatic heterocycles. The zero-order chi connectivity index (χ0) is 8.69. The average molecular weight is 150 g/mol. The zero-order valence-corrected chi connectivity index (χ0v) is 8.02. The Kier molecular flexibility index (Phi) is 5.54. The molecular weight excluding hydrogens is 132 g/mol. The third-order valence-electron chi connectivity index (χ3n) is 1.85. The second kappa shape index (κ2) is 5.96. The lowest BCUT2D eigenvalue weighted by Crippen LogP contribution is -1.77. The van der Waals surface area contributed by atoms with E-state index in [1.165, 1.54) is 11.1 Å². The molecule has 0 aliphatic rings. The van der Waals surface area contributed by atoms with Gasteiger partial charge in [0.05, 0.1) is 0 Å². The molecule has 0 heterocycles. The van der Waals surface area contributed by atoms with Crippen molar-refractivity contribution in [2.24, 2.45) is 0 Å². The quantitative estimate of drug-likeness (QED) is 0.423. The SMILES string of the molecule is C/C=C(C)\C(C)=C\C/C=C/C. The molecule has 0 aliphatic heterocycles. The number of hydrogen-bond donors (Lipinski definition) is 0. The van der Waals surface area contributed by atoms with Crippen molar-refractivity contribution in [2.45, 2.75) is 34.1 Å². The van der Waals surface area contributed by atoms with Crippen LogP contribution >= 0.6 is 0 Å². The van der Waals surface area contributed by atoms with Crippen molar-refractivity contribution < 1.29 is 0 Å². The van der Waals surface area contributed by atoms with E-state index in [2.05, 4.69) is 45.1 Å². The molecule has 0 aromatic carbocycles. The van der Waals surface area contributed by atoms with Crippen molar-refractivity contribution >= 4 is 0 Å². The van der Waals surface area contributed by atoms with Gasteiger partial charge in [0.1, 0.15) is 0 Å². The summed E-state index contributed by atoms with van der Waals surface area (Å²) in [6, 6.07) is 0. The molecule has 11 heavy (non-hydrogen) atoms. The summed E-state index contributed by atoms with van der Waals surface area (Å²) in [6.45, 7) is 8.41. The fourth-order valence-corrected chi connectivity index (χ4v) is 0.770. The molecule has 0 N–H and O–H groups in total. The predicted octanol–water partition coefficient (Wildman–Crippen LogP) is 3.87. The molecule has 0 rings (SSSR count). The molecule has 0 aromatic rings. The van der Waals surface area contributed by atoms with Crippen LogP contribution in [0.15, 0.2) is 35.5 Å². The van der Waals surface area contributed by atoms with E-state index >= 15 is 0 Å². The summed E-state index contributed by atoms with van der Waals surface area (Å²) in [4.78, 5) is 0. The molecule has 0 amide bonds. The van der Waals surface area contributed by atoms with E-state index in [0.717, 1.165) is 6.42 Å². The first-order valence-electron chi connectivity index (χ1n) is 4.13. The topological polar surface area (TPSA) is 0 Å². The summed E-state index contributed by atoms with van der Waals surface area (Å²) in [5.41, 5.74) is 2.75. The van der Waals surface area contributed by atoms with Crippen LogP contribution < -0.4 is 0 Å². The molecule has 0 bridgehead atoms. The van der Waals surface area contributed by atoms with Crippen LogP contribution in [0, 0.1) is 0 Å². The van der Waals surface area contributed by atoms with Crippen LogP contribution in [0.2, 0.25) is 0 Å². The summed E-state index contributed by atoms with van der Waals surface area (Å²) in [6.07, 6.45) is 9.67. The summed E-state index contributed by atoms with van der Waals surface area (Å²) in [7, 11) is 0. The van der Waals surface area contributed by atoms with E-state index in [4.69, 9.17) is 0 Å². The molecular formula is C11H18. The van der Waals surface area contributed by atoms with E-state index in [-0.39, 0.29) is 0 Å². The maximum atomic E-state index is 2.25. The average Bonchev–Trinajstić information content (AvgIpc) is 2.03. The van der Waals surface area contributed by atoms with Crippen molar-refractivity contribution in [3.8, 4) is 0 Å². The smallest absolute Gasteiger partial charge is 0.0163 e. The molecule has 0 heteroatoms. The van der Waals surface area contributed by atoms with Crippen LogP contribution in [0.3, 0.4) is 0 Å². The molecule has 0 spiro atoms. The second-order valence-corrected chi connectivity index (χ2v) is 2.66. The largest absolute Gasteiger partial charge is 0.0914 e. The Morgan fingerprint density at radius 2 is 1.73 bits per heavy atom. The Morgan fingerprint density at radius 3 is 2.18 bits per heavy atom. The number of hydrogen-bond acceptors (Lipinski definition) is 0. The third kappa shape index (κ3) is 4.60. The maximum absolute atomic E-state index is 2.25. The molecule has 0 aliphatic carbocycles. The highest BCUT2D eigenvalue weighted by atomic mass is 13.9. The van der Waals surface area contributed by atoms with E-state index < -0.39 is 0 Å². The van der Waals surface area contributed by atoms with E-state index in [1.807, 2.05) is 6.92 Å². The standard InChI is InChI=1S/C11H18/c1-5-7-8-9-11(4)10(3)6-2/h5-7,9H,8H2,1-4H3/b7-5+,10-6-,11-9+. The Bertz CT molecular complexity index is 180. The van der Waals surface area contributed by atoms with Crippen molar-refractivity contribution in [1.82, 2.24) is 0 Å². The lowest BCUT2D eigenvalue weighted by atomic mass is 10.1. The highest BCUT2D eigenvalue weighted by molar-refractivity contribution is 5.26. The van der Waals surface area contributed by atoms with E-state index in [0.29, 0.717) is 0 Å². The van der Waals surface area contributed by atoms with Gasteiger partial charge in [-0.2, -0.15) is 0 Å². The summed E-state index contributed by atoms with van der Waals surface area (Å²) < 4.78 is 0. The van der Waals surface area contributed by atoms with Crippen molar-refractivity contribution in [1.29, 1.82) is 0 Å². The lowest BCUT2D eigenvalue weighted by molar-refractivity contribution is 1.25. The molecule has 62 valence electrons. The van der Waals surface area contributed by atoms with Gasteiger partial charge in [0, 0.05) is 0 Å². The van der Waals surface area contributed by atoms with E-state index in [1.54, 1.807) is 0 Å². The van der Waals surface area contributed by atoms with Crippen LogP contribution in [0.25, 0.3) is 0 Å². The normalized spacial score (nSPS) is 14.5. The minimum Gasteiger partial charge on any atom is -0.0914 e. The second-order valence-electron chi connectivity index (χ2n) is 2.66. The van der Waals surface area contributed by atoms with Gasteiger partial charge in [-0.15, -0.1) is 0 Å². The van der Waals surface area contributed by atoms with Crippen molar-refractivity contribution in [2.75, 3.05) is 0 Å². The van der Waals surface area contributed by atoms with Gasteiger partial charge in [-0.3, -0.25) is 0 Å². The third-order valence-corrected chi connectivity index (χ3v) is 1.85. The Morgan fingerprint density at radius 1 is 1.09 bits per heavy atom. The van der Waals surface area contributed by atoms with Crippen LogP contribution in [0.4, 0.5) is 0 Å². The molecule has 0 saturated carbocycles. The first-order chi connectivity index (χ1) is 5.22. The molecule has 0 fully saturated rings. The zero-order valence-electron chi connectivity index (χ0n) is 8.02. The van der Waals surface area contributed by atoms with Gasteiger partial charge < -0.3 is 0 Å². The highest BCUT2D eigenvalue weighted by Gasteiger charge is 1.87. The van der Waals surface area contributed by atoms with E-state index in [9.17, 15) is 0 Å². The lowest BCUT2D eigenvalue weighted by Gasteiger charge is -1.97. The molecule has 0 saturated heterocycles. The van der Waals surface area contributed by atoms with Crippen LogP contribution in [-0.4, -0.2) is 0 Å². The van der Waals surface area contributed by atoms with Crippen molar-refractivity contribution in [3.63, 3.8) is 0 Å². The Balaban J connectivity index is 4.01. The molecule has 0 unspecified atom stereocenters. The van der Waals surface area contributed by atoms with Gasteiger partial charge in [0.2, 0.25) is 0 Å². The number of allylic oxidation sites excluding steroid dienone is 6. The molecule has 0 nitrogen and oxygen atoms in total. The van der Waals surface area contributed by atoms with Crippen LogP contribution in [0.1, 0.15) is 34.1 Å².